The number of benzene rings is 1. The van der Waals surface area contributed by atoms with Crippen LogP contribution in [0.3, 0.4) is 0 Å². The Balaban J connectivity index is 2.30. The summed E-state index contributed by atoms with van der Waals surface area (Å²) in [6.07, 6.45) is 0. The van der Waals surface area contributed by atoms with Crippen LogP contribution in [0.5, 0.6) is 5.95 Å². The highest BCUT2D eigenvalue weighted by molar-refractivity contribution is 5.59. The summed E-state index contributed by atoms with van der Waals surface area (Å²) in [6.45, 7) is 0. The summed E-state index contributed by atoms with van der Waals surface area (Å²) < 4.78 is 10.2. The SMILES string of the molecule is COc1ccc(-c2ccc([N+](=O)[O-])cc2)o1. The maximum atomic E-state index is 10.5. The third kappa shape index (κ3) is 1.88. The predicted molar refractivity (Wildman–Crippen MR) is 57.4 cm³/mol. The van der Waals surface area contributed by atoms with Crippen molar-refractivity contribution >= 4 is 5.69 Å². The molecule has 5 heteroatoms. The van der Waals surface area contributed by atoms with E-state index in [2.05, 4.69) is 0 Å². The van der Waals surface area contributed by atoms with Crippen molar-refractivity contribution in [2.75, 3.05) is 7.11 Å². The van der Waals surface area contributed by atoms with E-state index < -0.39 is 4.92 Å². The Labute approximate surface area is 91.4 Å². The van der Waals surface area contributed by atoms with Gasteiger partial charge in [-0.05, 0) is 18.2 Å². The minimum Gasteiger partial charge on any atom is -0.468 e. The van der Waals surface area contributed by atoms with Gasteiger partial charge in [0.25, 0.3) is 11.6 Å². The molecule has 1 heterocycles. The van der Waals surface area contributed by atoms with Gasteiger partial charge >= 0.3 is 0 Å². The lowest BCUT2D eigenvalue weighted by Crippen LogP contribution is -1.86. The number of nitrogens with zero attached hydrogens (tertiary/aromatic N) is 1. The molecule has 0 aliphatic carbocycles. The van der Waals surface area contributed by atoms with E-state index in [1.165, 1.54) is 19.2 Å². The Kier molecular flexibility index (Phi) is 2.59. The molecular weight excluding hydrogens is 210 g/mol. The molecule has 82 valence electrons. The third-order valence-corrected chi connectivity index (χ3v) is 2.15. The minimum absolute atomic E-state index is 0.0577. The van der Waals surface area contributed by atoms with Crippen molar-refractivity contribution in [1.29, 1.82) is 0 Å². The number of rotatable bonds is 3. The zero-order valence-electron chi connectivity index (χ0n) is 8.54. The van der Waals surface area contributed by atoms with Gasteiger partial charge in [-0.1, -0.05) is 0 Å². The molecule has 0 aliphatic rings. The zero-order valence-corrected chi connectivity index (χ0v) is 8.54. The van der Waals surface area contributed by atoms with E-state index in [9.17, 15) is 10.1 Å². The van der Waals surface area contributed by atoms with Crippen molar-refractivity contribution in [3.63, 3.8) is 0 Å². The molecule has 0 spiro atoms. The van der Waals surface area contributed by atoms with Crippen molar-refractivity contribution in [3.8, 4) is 17.3 Å². The lowest BCUT2D eigenvalue weighted by Gasteiger charge is -1.96. The number of nitro groups is 1. The van der Waals surface area contributed by atoms with Gasteiger partial charge in [0.05, 0.1) is 12.0 Å². The summed E-state index contributed by atoms with van der Waals surface area (Å²) in [5, 5.41) is 10.5. The molecule has 5 nitrogen and oxygen atoms in total. The van der Waals surface area contributed by atoms with Gasteiger partial charge < -0.3 is 9.15 Å². The molecule has 16 heavy (non-hydrogen) atoms. The smallest absolute Gasteiger partial charge is 0.284 e. The van der Waals surface area contributed by atoms with Crippen LogP contribution in [0.2, 0.25) is 0 Å². The molecule has 0 saturated carbocycles. The fraction of sp³-hybridized carbons (Fsp3) is 0.0909. The van der Waals surface area contributed by atoms with E-state index >= 15 is 0 Å². The van der Waals surface area contributed by atoms with Crippen LogP contribution in [0, 0.1) is 10.1 Å². The molecule has 2 rings (SSSR count). The first kappa shape index (κ1) is 10.2. The standard InChI is InChI=1S/C11H9NO4/c1-15-11-7-6-10(16-11)8-2-4-9(5-3-8)12(13)14/h2-7H,1H3. The highest BCUT2D eigenvalue weighted by atomic mass is 16.6. The number of non-ortho nitro benzene ring substituents is 1. The number of furan rings is 1. The second-order valence-electron chi connectivity index (χ2n) is 3.13. The molecule has 0 atom stereocenters. The van der Waals surface area contributed by atoms with E-state index in [0.29, 0.717) is 11.7 Å². The van der Waals surface area contributed by atoms with Crippen LogP contribution in [-0.4, -0.2) is 12.0 Å². The molecule has 1 aromatic heterocycles. The van der Waals surface area contributed by atoms with Crippen molar-refractivity contribution in [2.24, 2.45) is 0 Å². The number of hydrogen-bond donors (Lipinski definition) is 0. The Bertz CT molecular complexity index is 501. The second-order valence-corrected chi connectivity index (χ2v) is 3.13. The predicted octanol–water partition coefficient (Wildman–Crippen LogP) is 2.86. The van der Waals surface area contributed by atoms with Crippen LogP contribution in [0.25, 0.3) is 11.3 Å². The van der Waals surface area contributed by atoms with Crippen LogP contribution < -0.4 is 4.74 Å². The minimum atomic E-state index is -0.438. The second kappa shape index (κ2) is 4.06. The van der Waals surface area contributed by atoms with Crippen LogP contribution >= 0.6 is 0 Å². The van der Waals surface area contributed by atoms with E-state index in [-0.39, 0.29) is 5.69 Å². The summed E-state index contributed by atoms with van der Waals surface area (Å²) >= 11 is 0. The third-order valence-electron chi connectivity index (χ3n) is 2.15. The first-order valence-electron chi connectivity index (χ1n) is 4.59. The van der Waals surface area contributed by atoms with Crippen LogP contribution in [-0.2, 0) is 0 Å². The largest absolute Gasteiger partial charge is 0.468 e. The summed E-state index contributed by atoms with van der Waals surface area (Å²) in [6, 6.07) is 9.58. The fourth-order valence-electron chi connectivity index (χ4n) is 1.33. The fourth-order valence-corrected chi connectivity index (χ4v) is 1.33. The Morgan fingerprint density at radius 2 is 1.88 bits per heavy atom. The monoisotopic (exact) mass is 219 g/mol. The molecule has 0 aliphatic heterocycles. The van der Waals surface area contributed by atoms with Gasteiger partial charge in [0.1, 0.15) is 5.76 Å². The first-order chi connectivity index (χ1) is 7.70. The number of nitro benzene ring substituents is 1. The van der Waals surface area contributed by atoms with Gasteiger partial charge in [-0.3, -0.25) is 10.1 Å². The molecule has 0 unspecified atom stereocenters. The maximum Gasteiger partial charge on any atom is 0.284 e. The lowest BCUT2D eigenvalue weighted by molar-refractivity contribution is -0.384. The van der Waals surface area contributed by atoms with Gasteiger partial charge in [-0.15, -0.1) is 0 Å². The van der Waals surface area contributed by atoms with Gasteiger partial charge in [0, 0.05) is 23.8 Å². The molecule has 0 amide bonds. The quantitative estimate of drug-likeness (QED) is 0.588. The average Bonchev–Trinajstić information content (AvgIpc) is 2.77. The van der Waals surface area contributed by atoms with Crippen molar-refractivity contribution < 1.29 is 14.1 Å². The maximum absolute atomic E-state index is 10.5. The lowest BCUT2D eigenvalue weighted by atomic mass is 10.1. The van der Waals surface area contributed by atoms with Gasteiger partial charge in [-0.25, -0.2) is 0 Å². The molecule has 0 saturated heterocycles. The molecule has 0 radical (unpaired) electrons. The zero-order chi connectivity index (χ0) is 11.5. The molecular formula is C11H9NO4. The summed E-state index contributed by atoms with van der Waals surface area (Å²) in [7, 11) is 1.51. The topological polar surface area (TPSA) is 65.5 Å². The molecule has 2 aromatic rings. The average molecular weight is 219 g/mol. The summed E-state index contributed by atoms with van der Waals surface area (Å²) in [5.74, 6) is 1.03. The van der Waals surface area contributed by atoms with E-state index in [1.807, 2.05) is 0 Å². The van der Waals surface area contributed by atoms with E-state index in [4.69, 9.17) is 9.15 Å². The molecule has 1 aromatic carbocycles. The van der Waals surface area contributed by atoms with Crippen molar-refractivity contribution in [3.05, 3.63) is 46.5 Å². The van der Waals surface area contributed by atoms with Crippen LogP contribution in [0.4, 0.5) is 5.69 Å². The van der Waals surface area contributed by atoms with Crippen molar-refractivity contribution in [2.45, 2.75) is 0 Å². The van der Waals surface area contributed by atoms with E-state index in [1.54, 1.807) is 24.3 Å². The van der Waals surface area contributed by atoms with E-state index in [0.717, 1.165) is 5.56 Å². The number of hydrogen-bond acceptors (Lipinski definition) is 4. The Morgan fingerprint density at radius 3 is 2.38 bits per heavy atom. The van der Waals surface area contributed by atoms with Gasteiger partial charge in [0.15, 0.2) is 0 Å². The highest BCUT2D eigenvalue weighted by Gasteiger charge is 2.08. The molecule has 0 bridgehead atoms. The Hall–Kier alpha value is -2.30. The first-order valence-corrected chi connectivity index (χ1v) is 4.59. The summed E-state index contributed by atoms with van der Waals surface area (Å²) in [5.41, 5.74) is 0.830. The normalized spacial score (nSPS) is 10.1. The van der Waals surface area contributed by atoms with Crippen molar-refractivity contribution in [1.82, 2.24) is 0 Å². The molecule has 0 N–H and O–H groups in total. The van der Waals surface area contributed by atoms with Crippen LogP contribution in [0.1, 0.15) is 0 Å². The highest BCUT2D eigenvalue weighted by Crippen LogP contribution is 2.27. The Morgan fingerprint density at radius 1 is 1.19 bits per heavy atom. The number of methoxy groups -OCH3 is 1. The van der Waals surface area contributed by atoms with Crippen LogP contribution in [0.15, 0.2) is 40.8 Å². The van der Waals surface area contributed by atoms with Gasteiger partial charge in [0.2, 0.25) is 0 Å². The summed E-state index contributed by atoms with van der Waals surface area (Å²) in [4.78, 5) is 10.0. The number of ether oxygens (including phenoxy) is 1. The molecule has 0 fully saturated rings. The van der Waals surface area contributed by atoms with Gasteiger partial charge in [-0.2, -0.15) is 0 Å².